The van der Waals surface area contributed by atoms with Gasteiger partial charge < -0.3 is 4.90 Å². The van der Waals surface area contributed by atoms with Gasteiger partial charge in [-0.1, -0.05) is 54.2 Å². The lowest BCUT2D eigenvalue weighted by molar-refractivity contribution is 0.601. The van der Waals surface area contributed by atoms with Gasteiger partial charge in [0.05, 0.1) is 23.6 Å². The Balaban J connectivity index is 1.62. The van der Waals surface area contributed by atoms with E-state index in [0.717, 1.165) is 16.6 Å². The molecule has 0 aliphatic carbocycles. The van der Waals surface area contributed by atoms with Gasteiger partial charge in [-0.15, -0.1) is 0 Å². The monoisotopic (exact) mass is 372 g/mol. The molecule has 0 amide bonds. The van der Waals surface area contributed by atoms with Gasteiger partial charge in [0, 0.05) is 11.4 Å². The van der Waals surface area contributed by atoms with Gasteiger partial charge in [0.25, 0.3) is 0 Å². The summed E-state index contributed by atoms with van der Waals surface area (Å²) >= 11 is 1.69. The molecule has 0 radical (unpaired) electrons. The Morgan fingerprint density at radius 2 is 1.80 bits per heavy atom. The van der Waals surface area contributed by atoms with E-state index in [2.05, 4.69) is 30.0 Å². The maximum Gasteiger partial charge on any atom is 0.164 e. The molecule has 0 saturated carbocycles. The van der Waals surface area contributed by atoms with Gasteiger partial charge in [0.15, 0.2) is 15.0 Å². The lowest BCUT2D eigenvalue weighted by Crippen LogP contribution is -2.39. The molecule has 4 rings (SSSR count). The number of aliphatic imine (C=N–C) groups is 1. The smallest absolute Gasteiger partial charge is 0.164 e. The van der Waals surface area contributed by atoms with Gasteiger partial charge in [-0.05, 0) is 30.2 Å². The molecule has 2 aromatic rings. The molecule has 0 aromatic heterocycles. The van der Waals surface area contributed by atoms with Crippen LogP contribution in [-0.2, 0) is 15.6 Å². The maximum atomic E-state index is 12.0. The molecule has 6 heteroatoms. The molecule has 2 aromatic carbocycles. The van der Waals surface area contributed by atoms with Crippen molar-refractivity contribution in [2.24, 2.45) is 4.99 Å². The molecule has 2 unspecified atom stereocenters. The highest BCUT2D eigenvalue weighted by molar-refractivity contribution is 8.13. The first kappa shape index (κ1) is 16.7. The average molecular weight is 373 g/mol. The van der Waals surface area contributed by atoms with E-state index in [1.165, 1.54) is 11.1 Å². The third-order valence-electron chi connectivity index (χ3n) is 4.76. The summed E-state index contributed by atoms with van der Waals surface area (Å²) in [5.74, 6) is 1.18. The number of sulfone groups is 1. The number of anilines is 1. The van der Waals surface area contributed by atoms with Crippen molar-refractivity contribution in [2.45, 2.75) is 24.8 Å². The molecule has 130 valence electrons. The molecule has 2 aliphatic rings. The maximum absolute atomic E-state index is 12.0. The zero-order chi connectivity index (χ0) is 17.4. The summed E-state index contributed by atoms with van der Waals surface area (Å²) in [6, 6.07) is 18.1. The number of hydrogen-bond donors (Lipinski definition) is 0. The van der Waals surface area contributed by atoms with Gasteiger partial charge in [-0.3, -0.25) is 4.99 Å². The van der Waals surface area contributed by atoms with Crippen LogP contribution in [0.2, 0.25) is 0 Å². The molecule has 1 fully saturated rings. The summed E-state index contributed by atoms with van der Waals surface area (Å²) in [5, 5.41) is 0.930. The first-order valence-corrected chi connectivity index (χ1v) is 11.1. The number of para-hydroxylation sites is 1. The second kappa shape index (κ2) is 6.50. The largest absolute Gasteiger partial charge is 0.315 e. The summed E-state index contributed by atoms with van der Waals surface area (Å²) in [6.07, 6.45) is 0. The Morgan fingerprint density at radius 3 is 2.56 bits per heavy atom. The van der Waals surface area contributed by atoms with Crippen LogP contribution >= 0.6 is 11.8 Å². The van der Waals surface area contributed by atoms with Crippen molar-refractivity contribution in [1.29, 1.82) is 0 Å². The van der Waals surface area contributed by atoms with Gasteiger partial charge >= 0.3 is 0 Å². The summed E-state index contributed by atoms with van der Waals surface area (Å²) in [6.45, 7) is 2.11. The van der Waals surface area contributed by atoms with E-state index in [4.69, 9.17) is 4.99 Å². The minimum absolute atomic E-state index is 0.0771. The highest BCUT2D eigenvalue weighted by Crippen LogP contribution is 2.35. The summed E-state index contributed by atoms with van der Waals surface area (Å²) in [7, 11) is -3.00. The molecule has 0 N–H and O–H groups in total. The molecule has 4 nitrogen and oxygen atoms in total. The van der Waals surface area contributed by atoms with Crippen molar-refractivity contribution in [2.75, 3.05) is 16.4 Å². The minimum Gasteiger partial charge on any atom is -0.315 e. The fraction of sp³-hybridized carbons (Fsp3) is 0.316. The highest BCUT2D eigenvalue weighted by atomic mass is 32.2. The van der Waals surface area contributed by atoms with Crippen LogP contribution in [0, 0.1) is 6.92 Å². The summed E-state index contributed by atoms with van der Waals surface area (Å²) in [5.41, 5.74) is 3.57. The third-order valence-corrected chi connectivity index (χ3v) is 7.47. The number of nitrogens with zero attached hydrogens (tertiary/aromatic N) is 2. The quantitative estimate of drug-likeness (QED) is 0.830. The van der Waals surface area contributed by atoms with Gasteiger partial charge in [0.2, 0.25) is 0 Å². The average Bonchev–Trinajstić information content (AvgIpc) is 3.06. The lowest BCUT2D eigenvalue weighted by Gasteiger charge is -2.26. The standard InChI is InChI=1S/C19H20N2O2S2/c1-14-7-5-6-8-15(14)11-24-19-20-17-12-25(22,23)13-18(17)21(19)16-9-3-2-4-10-16/h2-10,17-18H,11-13H2,1H3. The van der Waals surface area contributed by atoms with Crippen LogP contribution < -0.4 is 4.90 Å². The van der Waals surface area contributed by atoms with Crippen LogP contribution in [0.3, 0.4) is 0 Å². The molecule has 2 aliphatic heterocycles. The van der Waals surface area contributed by atoms with Crippen molar-refractivity contribution in [3.63, 3.8) is 0 Å². The number of fused-ring (bicyclic) bond motifs is 1. The van der Waals surface area contributed by atoms with Gasteiger partial charge in [-0.2, -0.15) is 0 Å². The van der Waals surface area contributed by atoms with E-state index < -0.39 is 9.84 Å². The molecular weight excluding hydrogens is 352 g/mol. The molecule has 2 heterocycles. The highest BCUT2D eigenvalue weighted by Gasteiger charge is 2.47. The fourth-order valence-electron chi connectivity index (χ4n) is 3.44. The Morgan fingerprint density at radius 1 is 1.08 bits per heavy atom. The molecule has 0 spiro atoms. The Hall–Kier alpha value is -1.79. The van der Waals surface area contributed by atoms with Gasteiger partial charge in [-0.25, -0.2) is 8.42 Å². The zero-order valence-electron chi connectivity index (χ0n) is 14.0. The summed E-state index contributed by atoms with van der Waals surface area (Å²) < 4.78 is 24.1. The Bertz CT molecular complexity index is 910. The van der Waals surface area contributed by atoms with Crippen molar-refractivity contribution < 1.29 is 8.42 Å². The predicted octanol–water partition coefficient (Wildman–Crippen LogP) is 3.27. The molecule has 1 saturated heterocycles. The normalized spacial score (nSPS) is 24.2. The van der Waals surface area contributed by atoms with Crippen molar-refractivity contribution in [3.8, 4) is 0 Å². The Kier molecular flexibility index (Phi) is 4.33. The van der Waals surface area contributed by atoms with E-state index in [9.17, 15) is 8.42 Å². The van der Waals surface area contributed by atoms with E-state index in [1.54, 1.807) is 11.8 Å². The molecule has 0 bridgehead atoms. The molecule has 2 atom stereocenters. The second-order valence-corrected chi connectivity index (χ2v) is 9.64. The molecule has 25 heavy (non-hydrogen) atoms. The second-order valence-electron chi connectivity index (χ2n) is 6.54. The van der Waals surface area contributed by atoms with Crippen LogP contribution in [0.5, 0.6) is 0 Å². The van der Waals surface area contributed by atoms with Gasteiger partial charge in [0.1, 0.15) is 0 Å². The van der Waals surface area contributed by atoms with Crippen molar-refractivity contribution in [1.82, 2.24) is 0 Å². The number of thioether (sulfide) groups is 1. The number of amidine groups is 1. The first-order chi connectivity index (χ1) is 12.0. The predicted molar refractivity (Wildman–Crippen MR) is 105 cm³/mol. The molecular formula is C19H20N2O2S2. The van der Waals surface area contributed by atoms with E-state index in [0.29, 0.717) is 0 Å². The van der Waals surface area contributed by atoms with Crippen molar-refractivity contribution >= 4 is 32.5 Å². The zero-order valence-corrected chi connectivity index (χ0v) is 15.6. The topological polar surface area (TPSA) is 49.7 Å². The van der Waals surface area contributed by atoms with Crippen LogP contribution in [0.15, 0.2) is 59.6 Å². The van der Waals surface area contributed by atoms with Crippen LogP contribution in [-0.4, -0.2) is 37.2 Å². The third kappa shape index (κ3) is 3.33. The summed E-state index contributed by atoms with van der Waals surface area (Å²) in [4.78, 5) is 6.90. The van der Waals surface area contributed by atoms with Crippen molar-refractivity contribution in [3.05, 3.63) is 65.7 Å². The SMILES string of the molecule is Cc1ccccc1CSC1=NC2CS(=O)(=O)CC2N1c1ccccc1. The van der Waals surface area contributed by atoms with E-state index in [-0.39, 0.29) is 23.6 Å². The van der Waals surface area contributed by atoms with Crippen LogP contribution in [0.4, 0.5) is 5.69 Å². The first-order valence-electron chi connectivity index (χ1n) is 8.33. The fourth-order valence-corrected chi connectivity index (χ4v) is 6.48. The number of benzene rings is 2. The van der Waals surface area contributed by atoms with Crippen LogP contribution in [0.25, 0.3) is 0 Å². The minimum atomic E-state index is -3.00. The van der Waals surface area contributed by atoms with Crippen LogP contribution in [0.1, 0.15) is 11.1 Å². The number of aryl methyl sites for hydroxylation is 1. The van der Waals surface area contributed by atoms with E-state index >= 15 is 0 Å². The lowest BCUT2D eigenvalue weighted by atomic mass is 10.1. The Labute approximate surface area is 152 Å². The number of rotatable bonds is 3. The van der Waals surface area contributed by atoms with E-state index in [1.807, 2.05) is 36.4 Å². The number of hydrogen-bond acceptors (Lipinski definition) is 5.